The van der Waals surface area contributed by atoms with Crippen molar-refractivity contribution in [1.29, 1.82) is 0 Å². The van der Waals surface area contributed by atoms with E-state index in [1.54, 1.807) is 23.9 Å². The second kappa shape index (κ2) is 5.39. The molecule has 6 heteroatoms. The van der Waals surface area contributed by atoms with Crippen LogP contribution in [0.3, 0.4) is 0 Å². The van der Waals surface area contributed by atoms with E-state index < -0.39 is 10.0 Å². The average molecular weight is 247 g/mol. The van der Waals surface area contributed by atoms with Gasteiger partial charge >= 0.3 is 0 Å². The Morgan fingerprint density at radius 1 is 1.40 bits per heavy atom. The highest BCUT2D eigenvalue weighted by molar-refractivity contribution is 7.98. The highest BCUT2D eigenvalue weighted by Gasteiger charge is 2.16. The topological polar surface area (TPSA) is 66.4 Å². The van der Waals surface area contributed by atoms with Crippen molar-refractivity contribution < 1.29 is 13.5 Å². The van der Waals surface area contributed by atoms with Gasteiger partial charge in [-0.3, -0.25) is 0 Å². The molecule has 0 aliphatic carbocycles. The maximum atomic E-state index is 11.6. The first kappa shape index (κ1) is 12.4. The minimum atomic E-state index is -3.58. The third-order valence-electron chi connectivity index (χ3n) is 1.75. The summed E-state index contributed by atoms with van der Waals surface area (Å²) < 4.78 is 25.7. The van der Waals surface area contributed by atoms with Gasteiger partial charge in [0, 0.05) is 12.3 Å². The maximum Gasteiger partial charge on any atom is 0.244 e. The lowest BCUT2D eigenvalue weighted by atomic mass is 10.3. The van der Waals surface area contributed by atoms with E-state index >= 15 is 0 Å². The van der Waals surface area contributed by atoms with Gasteiger partial charge in [0.25, 0.3) is 0 Å². The van der Waals surface area contributed by atoms with Crippen LogP contribution in [0.25, 0.3) is 0 Å². The lowest BCUT2D eigenvalue weighted by Gasteiger charge is -2.06. The Hall–Kier alpha value is -0.720. The van der Waals surface area contributed by atoms with Crippen LogP contribution in [0.15, 0.2) is 29.2 Å². The number of nitrogens with one attached hydrogen (secondary N) is 1. The standard InChI is InChI=1S/C9H13NO3S2/c1-14-7-6-10-15(12,13)9-5-3-2-4-8(9)11/h2-5,10-11H,6-7H2,1H3. The van der Waals surface area contributed by atoms with Crippen LogP contribution < -0.4 is 4.72 Å². The SMILES string of the molecule is CSCCNS(=O)(=O)c1ccccc1O. The number of para-hydroxylation sites is 1. The summed E-state index contributed by atoms with van der Waals surface area (Å²) in [7, 11) is -3.58. The normalized spacial score (nSPS) is 11.5. The highest BCUT2D eigenvalue weighted by atomic mass is 32.2. The van der Waals surface area contributed by atoms with Crippen LogP contribution in [0.1, 0.15) is 0 Å². The second-order valence-corrected chi connectivity index (χ2v) is 5.58. The predicted molar refractivity (Wildman–Crippen MR) is 61.7 cm³/mol. The van der Waals surface area contributed by atoms with Crippen molar-refractivity contribution in [3.05, 3.63) is 24.3 Å². The zero-order chi connectivity index (χ0) is 11.3. The molecular weight excluding hydrogens is 234 g/mol. The van der Waals surface area contributed by atoms with Gasteiger partial charge in [0.1, 0.15) is 10.6 Å². The number of hydrogen-bond acceptors (Lipinski definition) is 4. The summed E-state index contributed by atoms with van der Waals surface area (Å²) in [5.41, 5.74) is 0. The van der Waals surface area contributed by atoms with Crippen molar-refractivity contribution in [3.8, 4) is 5.75 Å². The fourth-order valence-electron chi connectivity index (χ4n) is 1.04. The Morgan fingerprint density at radius 2 is 2.07 bits per heavy atom. The lowest BCUT2D eigenvalue weighted by Crippen LogP contribution is -2.26. The Morgan fingerprint density at radius 3 is 2.67 bits per heavy atom. The summed E-state index contributed by atoms with van der Waals surface area (Å²) in [6, 6.07) is 5.87. The van der Waals surface area contributed by atoms with Crippen LogP contribution in [0, 0.1) is 0 Å². The molecule has 0 saturated carbocycles. The van der Waals surface area contributed by atoms with Crippen molar-refractivity contribution in [2.75, 3.05) is 18.6 Å². The first-order chi connectivity index (χ1) is 7.08. The van der Waals surface area contributed by atoms with Gasteiger partial charge in [0.15, 0.2) is 0 Å². The number of phenols is 1. The molecule has 84 valence electrons. The van der Waals surface area contributed by atoms with E-state index in [1.165, 1.54) is 12.1 Å². The summed E-state index contributed by atoms with van der Waals surface area (Å²) in [5, 5.41) is 9.38. The fourth-order valence-corrected chi connectivity index (χ4v) is 2.60. The van der Waals surface area contributed by atoms with Crippen LogP contribution in [-0.2, 0) is 10.0 Å². The van der Waals surface area contributed by atoms with Crippen molar-refractivity contribution in [3.63, 3.8) is 0 Å². The molecule has 15 heavy (non-hydrogen) atoms. The predicted octanol–water partition coefficient (Wildman–Crippen LogP) is 1.03. The lowest BCUT2D eigenvalue weighted by molar-refractivity contribution is 0.458. The number of sulfonamides is 1. The molecule has 0 bridgehead atoms. The van der Waals surface area contributed by atoms with Gasteiger partial charge in [-0.2, -0.15) is 11.8 Å². The van der Waals surface area contributed by atoms with Crippen molar-refractivity contribution in [1.82, 2.24) is 4.72 Å². The molecule has 1 rings (SSSR count). The number of phenolic OH excluding ortho intramolecular Hbond substituents is 1. The molecule has 0 aliphatic rings. The quantitative estimate of drug-likeness (QED) is 0.763. The van der Waals surface area contributed by atoms with Crippen molar-refractivity contribution in [2.24, 2.45) is 0 Å². The third kappa shape index (κ3) is 3.40. The minimum absolute atomic E-state index is 0.0777. The number of thioether (sulfide) groups is 1. The van der Waals surface area contributed by atoms with E-state index in [4.69, 9.17) is 0 Å². The molecule has 2 N–H and O–H groups in total. The molecule has 4 nitrogen and oxygen atoms in total. The molecule has 0 atom stereocenters. The Labute approximate surface area is 93.8 Å². The molecule has 0 aliphatic heterocycles. The van der Waals surface area contributed by atoms with Crippen molar-refractivity contribution in [2.45, 2.75) is 4.90 Å². The van der Waals surface area contributed by atoms with E-state index in [9.17, 15) is 13.5 Å². The first-order valence-electron chi connectivity index (χ1n) is 4.34. The smallest absolute Gasteiger partial charge is 0.244 e. The van der Waals surface area contributed by atoms with E-state index in [0.29, 0.717) is 12.3 Å². The zero-order valence-corrected chi connectivity index (χ0v) is 9.94. The second-order valence-electron chi connectivity index (χ2n) is 2.86. The third-order valence-corrected chi connectivity index (χ3v) is 3.87. The van der Waals surface area contributed by atoms with Crippen LogP contribution in [0.2, 0.25) is 0 Å². The van der Waals surface area contributed by atoms with Crippen molar-refractivity contribution >= 4 is 21.8 Å². The fraction of sp³-hybridized carbons (Fsp3) is 0.333. The van der Waals surface area contributed by atoms with Crippen LogP contribution in [0.4, 0.5) is 0 Å². The summed E-state index contributed by atoms with van der Waals surface area (Å²) in [6.45, 7) is 0.359. The van der Waals surface area contributed by atoms with Crippen LogP contribution >= 0.6 is 11.8 Å². The Balaban J connectivity index is 2.83. The summed E-state index contributed by atoms with van der Waals surface area (Å²) >= 11 is 1.55. The summed E-state index contributed by atoms with van der Waals surface area (Å²) in [4.78, 5) is -0.0777. The maximum absolute atomic E-state index is 11.6. The molecule has 0 unspecified atom stereocenters. The molecule has 0 spiro atoms. The van der Waals surface area contributed by atoms with E-state index in [1.807, 2.05) is 6.26 Å². The molecule has 0 amide bonds. The van der Waals surface area contributed by atoms with Crippen LogP contribution in [-0.4, -0.2) is 32.1 Å². The highest BCUT2D eigenvalue weighted by Crippen LogP contribution is 2.20. The largest absolute Gasteiger partial charge is 0.507 e. The van der Waals surface area contributed by atoms with Crippen LogP contribution in [0.5, 0.6) is 5.75 Å². The minimum Gasteiger partial charge on any atom is -0.507 e. The number of benzene rings is 1. The van der Waals surface area contributed by atoms with Gasteiger partial charge in [0.2, 0.25) is 10.0 Å². The molecule has 0 aromatic heterocycles. The van der Waals surface area contributed by atoms with Gasteiger partial charge < -0.3 is 5.11 Å². The van der Waals surface area contributed by atoms with E-state index in [0.717, 1.165) is 0 Å². The molecule has 1 aromatic carbocycles. The number of aromatic hydroxyl groups is 1. The molecule has 0 heterocycles. The first-order valence-corrected chi connectivity index (χ1v) is 7.22. The molecule has 0 radical (unpaired) electrons. The van der Waals surface area contributed by atoms with Gasteiger partial charge in [-0.25, -0.2) is 13.1 Å². The summed E-state index contributed by atoms with van der Waals surface area (Å²) in [5.74, 6) is 0.474. The number of hydrogen-bond donors (Lipinski definition) is 2. The Bertz CT molecular complexity index is 417. The molecule has 0 fully saturated rings. The molecular formula is C9H13NO3S2. The molecule has 0 saturated heterocycles. The van der Waals surface area contributed by atoms with E-state index in [-0.39, 0.29) is 10.6 Å². The van der Waals surface area contributed by atoms with Gasteiger partial charge in [-0.15, -0.1) is 0 Å². The molecule has 1 aromatic rings. The van der Waals surface area contributed by atoms with E-state index in [2.05, 4.69) is 4.72 Å². The Kier molecular flexibility index (Phi) is 4.44. The summed E-state index contributed by atoms with van der Waals surface area (Å²) in [6.07, 6.45) is 1.90. The van der Waals surface area contributed by atoms with Gasteiger partial charge in [-0.05, 0) is 18.4 Å². The average Bonchev–Trinajstić information content (AvgIpc) is 2.18. The van der Waals surface area contributed by atoms with Gasteiger partial charge in [-0.1, -0.05) is 12.1 Å². The zero-order valence-electron chi connectivity index (χ0n) is 8.30. The monoisotopic (exact) mass is 247 g/mol. The van der Waals surface area contributed by atoms with Gasteiger partial charge in [0.05, 0.1) is 0 Å². The number of rotatable bonds is 5.